The van der Waals surface area contributed by atoms with Crippen molar-refractivity contribution in [3.63, 3.8) is 0 Å². The number of rotatable bonds is 4. The molecule has 1 aromatic heterocycles. The van der Waals surface area contributed by atoms with Gasteiger partial charge in [0, 0.05) is 44.5 Å². The van der Waals surface area contributed by atoms with Crippen LogP contribution in [0.4, 0.5) is 11.4 Å². The van der Waals surface area contributed by atoms with Gasteiger partial charge >= 0.3 is 0 Å². The Kier molecular flexibility index (Phi) is 6.84. The SMILES string of the molecule is N#CC1=CC2c3ccccc3N(c3c(C#N)cc(C#N)cc3-c3cccc(C4=CCC(n5c6ccccc6c6ccccc65)C=C4)c3)C2C=C1. The molecule has 0 saturated heterocycles. The van der Waals surface area contributed by atoms with E-state index in [9.17, 15) is 15.8 Å². The number of fused-ring (bicyclic) bond motifs is 6. The van der Waals surface area contributed by atoms with E-state index in [-0.39, 0.29) is 18.0 Å². The highest BCUT2D eigenvalue weighted by Crippen LogP contribution is 2.51. The van der Waals surface area contributed by atoms with Crippen LogP contribution in [0.2, 0.25) is 0 Å². The first-order chi connectivity index (χ1) is 24.7. The first kappa shape index (κ1) is 29.3. The smallest absolute Gasteiger partial charge is 0.101 e. The molecule has 1 aliphatic heterocycles. The second-order valence-corrected chi connectivity index (χ2v) is 13.0. The highest BCUT2D eigenvalue weighted by atomic mass is 15.2. The normalized spacial score (nSPS) is 18.9. The lowest BCUT2D eigenvalue weighted by Gasteiger charge is -2.32. The number of nitriles is 3. The Balaban J connectivity index is 1.13. The summed E-state index contributed by atoms with van der Waals surface area (Å²) in [7, 11) is 0. The summed E-state index contributed by atoms with van der Waals surface area (Å²) in [5.41, 5.74) is 10.8. The third kappa shape index (κ3) is 4.51. The van der Waals surface area contributed by atoms with Gasteiger partial charge < -0.3 is 9.47 Å². The summed E-state index contributed by atoms with van der Waals surface area (Å²) in [4.78, 5) is 2.22. The van der Waals surface area contributed by atoms with Gasteiger partial charge in [0.25, 0.3) is 0 Å². The van der Waals surface area contributed by atoms with Crippen molar-refractivity contribution in [2.75, 3.05) is 4.90 Å². The summed E-state index contributed by atoms with van der Waals surface area (Å²) < 4.78 is 2.45. The Morgan fingerprint density at radius 3 is 2.12 bits per heavy atom. The zero-order valence-corrected chi connectivity index (χ0v) is 27.0. The highest BCUT2D eigenvalue weighted by Gasteiger charge is 2.40. The zero-order chi connectivity index (χ0) is 33.8. The second-order valence-electron chi connectivity index (χ2n) is 13.0. The molecule has 3 atom stereocenters. The molecular formula is C45H29N5. The van der Waals surface area contributed by atoms with Crippen molar-refractivity contribution in [1.82, 2.24) is 4.57 Å². The standard InChI is InChI=1S/C45H29N5/c46-26-29-16-21-44-40(23-29)38-12-3-6-15-43(38)50(44)45-34(28-48)22-30(27-47)24-39(45)33-9-7-8-32(25-33)31-17-19-35(20-18-31)49-41-13-4-1-10-36(41)37-11-2-5-14-42(37)49/h1-19,21-25,35,40,44H,20H2. The fourth-order valence-electron chi connectivity index (χ4n) is 8.14. The lowest BCUT2D eigenvalue weighted by Crippen LogP contribution is -2.30. The van der Waals surface area contributed by atoms with E-state index in [2.05, 4.69) is 137 Å². The molecule has 2 heterocycles. The van der Waals surface area contributed by atoms with Crippen molar-refractivity contribution >= 4 is 38.8 Å². The topological polar surface area (TPSA) is 79.5 Å². The van der Waals surface area contributed by atoms with Crippen molar-refractivity contribution in [2.45, 2.75) is 24.4 Å². The van der Waals surface area contributed by atoms with Crippen LogP contribution < -0.4 is 4.90 Å². The van der Waals surface area contributed by atoms with Gasteiger partial charge in [-0.05, 0) is 71.2 Å². The Labute approximate surface area is 290 Å². The minimum absolute atomic E-state index is 0.0350. The van der Waals surface area contributed by atoms with Crippen LogP contribution in [0.5, 0.6) is 0 Å². The Bertz CT molecular complexity index is 2590. The molecule has 50 heavy (non-hydrogen) atoms. The molecular weight excluding hydrogens is 611 g/mol. The second kappa shape index (κ2) is 11.7. The first-order valence-corrected chi connectivity index (χ1v) is 16.8. The van der Waals surface area contributed by atoms with Crippen molar-refractivity contribution in [1.29, 1.82) is 15.8 Å². The Morgan fingerprint density at radius 2 is 1.40 bits per heavy atom. The molecule has 234 valence electrons. The minimum atomic E-state index is -0.117. The maximum absolute atomic E-state index is 10.5. The quantitative estimate of drug-likeness (QED) is 0.192. The van der Waals surface area contributed by atoms with Crippen LogP contribution in [-0.4, -0.2) is 10.6 Å². The third-order valence-corrected chi connectivity index (χ3v) is 10.3. The van der Waals surface area contributed by atoms with Crippen molar-refractivity contribution in [3.05, 3.63) is 173 Å². The van der Waals surface area contributed by atoms with Crippen LogP contribution in [0.25, 0.3) is 38.5 Å². The molecule has 3 unspecified atom stereocenters. The fraction of sp³-hybridized carbons (Fsp3) is 0.0889. The maximum atomic E-state index is 10.5. The molecule has 5 heteroatoms. The average molecular weight is 640 g/mol. The third-order valence-electron chi connectivity index (χ3n) is 10.3. The summed E-state index contributed by atoms with van der Waals surface area (Å²) in [6.07, 6.45) is 13.6. The minimum Gasteiger partial charge on any atom is -0.333 e. The molecule has 0 radical (unpaired) electrons. The molecule has 0 spiro atoms. The number of benzene rings is 5. The number of hydrogen-bond donors (Lipinski definition) is 0. The molecule has 0 amide bonds. The average Bonchev–Trinajstić information content (AvgIpc) is 3.70. The molecule has 0 fully saturated rings. The lowest BCUT2D eigenvalue weighted by molar-refractivity contribution is 0.649. The van der Waals surface area contributed by atoms with Gasteiger partial charge in [-0.3, -0.25) is 0 Å². The van der Waals surface area contributed by atoms with Crippen LogP contribution in [0.15, 0.2) is 151 Å². The number of nitrogens with zero attached hydrogens (tertiary/aromatic N) is 5. The molecule has 0 bridgehead atoms. The van der Waals surface area contributed by atoms with Gasteiger partial charge in [-0.2, -0.15) is 15.8 Å². The van der Waals surface area contributed by atoms with Gasteiger partial charge in [-0.15, -0.1) is 0 Å². The summed E-state index contributed by atoms with van der Waals surface area (Å²) in [5, 5.41) is 32.8. The van der Waals surface area contributed by atoms with Gasteiger partial charge in [0.2, 0.25) is 0 Å². The van der Waals surface area contributed by atoms with Crippen molar-refractivity contribution in [3.8, 4) is 29.3 Å². The monoisotopic (exact) mass is 639 g/mol. The van der Waals surface area contributed by atoms with E-state index in [4.69, 9.17) is 0 Å². The molecule has 5 aromatic carbocycles. The van der Waals surface area contributed by atoms with E-state index < -0.39 is 0 Å². The molecule has 0 N–H and O–H groups in total. The van der Waals surface area contributed by atoms with Gasteiger partial charge in [0.1, 0.15) is 6.07 Å². The Morgan fingerprint density at radius 1 is 0.660 bits per heavy atom. The summed E-state index contributed by atoms with van der Waals surface area (Å²) in [6, 6.07) is 44.5. The lowest BCUT2D eigenvalue weighted by atomic mass is 9.88. The summed E-state index contributed by atoms with van der Waals surface area (Å²) in [5.74, 6) is -0.0350. The maximum Gasteiger partial charge on any atom is 0.101 e. The van der Waals surface area contributed by atoms with Gasteiger partial charge in [-0.25, -0.2) is 0 Å². The van der Waals surface area contributed by atoms with Gasteiger partial charge in [0.15, 0.2) is 0 Å². The van der Waals surface area contributed by atoms with E-state index in [1.165, 1.54) is 21.8 Å². The molecule has 0 saturated carbocycles. The van der Waals surface area contributed by atoms with E-state index in [0.29, 0.717) is 16.7 Å². The Hall–Kier alpha value is -6.87. The number of aromatic nitrogens is 1. The van der Waals surface area contributed by atoms with Crippen LogP contribution >= 0.6 is 0 Å². The molecule has 5 nitrogen and oxygen atoms in total. The number of anilines is 2. The number of allylic oxidation sites excluding steroid dienone is 6. The van der Waals surface area contributed by atoms with Gasteiger partial charge in [-0.1, -0.05) is 103 Å². The van der Waals surface area contributed by atoms with Crippen molar-refractivity contribution < 1.29 is 0 Å². The predicted octanol–water partition coefficient (Wildman–Crippen LogP) is 10.4. The fourth-order valence-corrected chi connectivity index (χ4v) is 8.14. The molecule has 9 rings (SSSR count). The van der Waals surface area contributed by atoms with Crippen LogP contribution in [-0.2, 0) is 0 Å². The number of para-hydroxylation sites is 3. The number of hydrogen-bond acceptors (Lipinski definition) is 4. The molecule has 2 aliphatic carbocycles. The van der Waals surface area contributed by atoms with E-state index in [1.54, 1.807) is 6.07 Å². The van der Waals surface area contributed by atoms with E-state index >= 15 is 0 Å². The van der Waals surface area contributed by atoms with E-state index in [0.717, 1.165) is 45.6 Å². The first-order valence-electron chi connectivity index (χ1n) is 16.8. The van der Waals surface area contributed by atoms with Gasteiger partial charge in [0.05, 0.1) is 41.0 Å². The van der Waals surface area contributed by atoms with E-state index in [1.807, 2.05) is 30.4 Å². The van der Waals surface area contributed by atoms with Crippen LogP contribution in [0, 0.1) is 34.0 Å². The highest BCUT2D eigenvalue weighted by molar-refractivity contribution is 6.08. The zero-order valence-electron chi connectivity index (χ0n) is 27.0. The summed E-state index contributed by atoms with van der Waals surface area (Å²) >= 11 is 0. The molecule has 6 aromatic rings. The summed E-state index contributed by atoms with van der Waals surface area (Å²) in [6.45, 7) is 0. The van der Waals surface area contributed by atoms with Crippen LogP contribution in [0.3, 0.4) is 0 Å². The molecule has 3 aliphatic rings. The van der Waals surface area contributed by atoms with Crippen LogP contribution in [0.1, 0.15) is 40.6 Å². The predicted molar refractivity (Wildman–Crippen MR) is 199 cm³/mol. The largest absolute Gasteiger partial charge is 0.333 e. The van der Waals surface area contributed by atoms with Crippen molar-refractivity contribution in [2.24, 2.45) is 0 Å².